The third-order valence-corrected chi connectivity index (χ3v) is 4.68. The molecule has 2 atom stereocenters. The van der Waals surface area contributed by atoms with Crippen molar-refractivity contribution in [1.82, 2.24) is 20.0 Å². The van der Waals surface area contributed by atoms with Gasteiger partial charge in [0.15, 0.2) is 0 Å². The first-order valence-electron chi connectivity index (χ1n) is 8.41. The van der Waals surface area contributed by atoms with Crippen molar-refractivity contribution in [3.63, 3.8) is 0 Å². The lowest BCUT2D eigenvalue weighted by molar-refractivity contribution is 0.169. The summed E-state index contributed by atoms with van der Waals surface area (Å²) in [5.41, 5.74) is 3.36. The maximum absolute atomic E-state index is 10.2. The molecule has 1 aliphatic heterocycles. The topological polar surface area (TPSA) is 75.3 Å². The predicted octanol–water partition coefficient (Wildman–Crippen LogP) is 2.75. The SMILES string of the molecule is Cc1ccccc1CN1CC(O)CC1c1nc(-c2ccncc2)no1. The summed E-state index contributed by atoms with van der Waals surface area (Å²) in [5, 5.41) is 14.3. The molecule has 2 aromatic heterocycles. The summed E-state index contributed by atoms with van der Waals surface area (Å²) in [7, 11) is 0. The summed E-state index contributed by atoms with van der Waals surface area (Å²) >= 11 is 0. The van der Waals surface area contributed by atoms with E-state index in [1.165, 1.54) is 11.1 Å². The molecule has 6 heteroatoms. The first-order chi connectivity index (χ1) is 12.2. The van der Waals surface area contributed by atoms with Crippen molar-refractivity contribution in [3.8, 4) is 11.4 Å². The fourth-order valence-corrected chi connectivity index (χ4v) is 3.31. The number of hydrogen-bond donors (Lipinski definition) is 1. The van der Waals surface area contributed by atoms with Crippen molar-refractivity contribution in [2.24, 2.45) is 0 Å². The number of β-amino-alcohol motifs (C(OH)–C–C–N with tert-alkyl or cyclic N) is 1. The van der Waals surface area contributed by atoms with Gasteiger partial charge in [-0.1, -0.05) is 29.4 Å². The van der Waals surface area contributed by atoms with Crippen LogP contribution in [0, 0.1) is 6.92 Å². The average molecular weight is 336 g/mol. The zero-order valence-electron chi connectivity index (χ0n) is 14.0. The maximum atomic E-state index is 10.2. The standard InChI is InChI=1S/C19H20N4O2/c1-13-4-2-3-5-15(13)11-23-12-16(24)10-17(23)19-21-18(22-25-19)14-6-8-20-9-7-14/h2-9,16-17,24H,10-12H2,1H3. The van der Waals surface area contributed by atoms with Gasteiger partial charge < -0.3 is 9.63 Å². The molecule has 0 saturated carbocycles. The Morgan fingerprint density at radius 3 is 2.80 bits per heavy atom. The minimum absolute atomic E-state index is 0.0716. The summed E-state index contributed by atoms with van der Waals surface area (Å²) in [6.45, 7) is 3.46. The number of likely N-dealkylation sites (tertiary alicyclic amines) is 1. The molecule has 4 rings (SSSR count). The quantitative estimate of drug-likeness (QED) is 0.789. The van der Waals surface area contributed by atoms with Crippen LogP contribution in [0.3, 0.4) is 0 Å². The molecule has 6 nitrogen and oxygen atoms in total. The first-order valence-corrected chi connectivity index (χ1v) is 8.41. The molecular formula is C19H20N4O2. The fraction of sp³-hybridized carbons (Fsp3) is 0.316. The van der Waals surface area contributed by atoms with Crippen molar-refractivity contribution in [1.29, 1.82) is 0 Å². The zero-order valence-corrected chi connectivity index (χ0v) is 14.0. The number of aryl methyl sites for hydroxylation is 1. The number of aromatic nitrogens is 3. The van der Waals surface area contributed by atoms with Gasteiger partial charge in [-0.3, -0.25) is 9.88 Å². The molecule has 1 fully saturated rings. The Bertz CT molecular complexity index is 849. The van der Waals surface area contributed by atoms with E-state index in [4.69, 9.17) is 4.52 Å². The number of aliphatic hydroxyl groups excluding tert-OH is 1. The number of hydrogen-bond acceptors (Lipinski definition) is 6. The third-order valence-electron chi connectivity index (χ3n) is 4.68. The Labute approximate surface area is 146 Å². The van der Waals surface area contributed by atoms with Gasteiger partial charge in [-0.15, -0.1) is 0 Å². The van der Waals surface area contributed by atoms with Crippen molar-refractivity contribution in [2.45, 2.75) is 32.0 Å². The van der Waals surface area contributed by atoms with Gasteiger partial charge >= 0.3 is 0 Å². The van der Waals surface area contributed by atoms with Crippen LogP contribution in [0.2, 0.25) is 0 Å². The minimum Gasteiger partial charge on any atom is -0.392 e. The van der Waals surface area contributed by atoms with Gasteiger partial charge in [0.25, 0.3) is 0 Å². The molecular weight excluding hydrogens is 316 g/mol. The van der Waals surface area contributed by atoms with Crippen molar-refractivity contribution in [3.05, 3.63) is 65.8 Å². The third kappa shape index (κ3) is 3.31. The molecule has 0 spiro atoms. The molecule has 0 aliphatic carbocycles. The second kappa shape index (κ2) is 6.74. The van der Waals surface area contributed by atoms with Gasteiger partial charge in [-0.2, -0.15) is 4.98 Å². The molecule has 1 saturated heterocycles. The molecule has 0 bridgehead atoms. The van der Waals surface area contributed by atoms with E-state index in [0.717, 1.165) is 12.1 Å². The molecule has 3 heterocycles. The number of nitrogens with zero attached hydrogens (tertiary/aromatic N) is 4. The van der Waals surface area contributed by atoms with Crippen LogP contribution in [0.4, 0.5) is 0 Å². The van der Waals surface area contributed by atoms with Crippen molar-refractivity contribution >= 4 is 0 Å². The van der Waals surface area contributed by atoms with Gasteiger partial charge in [0, 0.05) is 31.0 Å². The molecule has 1 aliphatic rings. The molecule has 25 heavy (non-hydrogen) atoms. The van der Waals surface area contributed by atoms with E-state index in [0.29, 0.717) is 24.7 Å². The van der Waals surface area contributed by atoms with E-state index in [2.05, 4.69) is 39.1 Å². The summed E-state index contributed by atoms with van der Waals surface area (Å²) in [5.74, 6) is 1.10. The predicted molar refractivity (Wildman–Crippen MR) is 92.5 cm³/mol. The monoisotopic (exact) mass is 336 g/mol. The van der Waals surface area contributed by atoms with E-state index in [1.807, 2.05) is 24.3 Å². The van der Waals surface area contributed by atoms with Crippen LogP contribution in [-0.4, -0.2) is 37.8 Å². The number of benzene rings is 1. The Morgan fingerprint density at radius 1 is 1.20 bits per heavy atom. The Hall–Kier alpha value is -2.57. The summed E-state index contributed by atoms with van der Waals surface area (Å²) < 4.78 is 5.52. The van der Waals surface area contributed by atoms with E-state index in [-0.39, 0.29) is 12.1 Å². The lowest BCUT2D eigenvalue weighted by atomic mass is 10.1. The highest BCUT2D eigenvalue weighted by Crippen LogP contribution is 2.33. The normalized spacial score (nSPS) is 20.9. The van der Waals surface area contributed by atoms with Crippen molar-refractivity contribution in [2.75, 3.05) is 6.54 Å². The van der Waals surface area contributed by atoms with Crippen molar-refractivity contribution < 1.29 is 9.63 Å². The largest absolute Gasteiger partial charge is 0.392 e. The van der Waals surface area contributed by atoms with Gasteiger partial charge in [-0.25, -0.2) is 0 Å². The molecule has 1 aromatic carbocycles. The first kappa shape index (κ1) is 15.9. The zero-order chi connectivity index (χ0) is 17.2. The highest BCUT2D eigenvalue weighted by Gasteiger charge is 2.36. The Morgan fingerprint density at radius 2 is 2.00 bits per heavy atom. The molecule has 2 unspecified atom stereocenters. The Kier molecular flexibility index (Phi) is 4.29. The summed E-state index contributed by atoms with van der Waals surface area (Å²) in [4.78, 5) is 10.8. The average Bonchev–Trinajstić information content (AvgIpc) is 3.24. The molecule has 128 valence electrons. The highest BCUT2D eigenvalue weighted by atomic mass is 16.5. The summed E-state index contributed by atoms with van der Waals surface area (Å²) in [6, 6.07) is 11.9. The molecule has 3 aromatic rings. The minimum atomic E-state index is -0.384. The van der Waals surface area contributed by atoms with E-state index in [1.54, 1.807) is 12.4 Å². The van der Waals surface area contributed by atoms with E-state index < -0.39 is 0 Å². The number of rotatable bonds is 4. The van der Waals surface area contributed by atoms with Gasteiger partial charge in [0.1, 0.15) is 0 Å². The van der Waals surface area contributed by atoms with E-state index in [9.17, 15) is 5.11 Å². The highest BCUT2D eigenvalue weighted by molar-refractivity contribution is 5.52. The van der Waals surface area contributed by atoms with Crippen LogP contribution in [0.1, 0.15) is 29.5 Å². The van der Waals surface area contributed by atoms with Crippen LogP contribution in [0.15, 0.2) is 53.3 Å². The van der Waals surface area contributed by atoms with Gasteiger partial charge in [0.2, 0.25) is 11.7 Å². The van der Waals surface area contributed by atoms with Crippen LogP contribution >= 0.6 is 0 Å². The lowest BCUT2D eigenvalue weighted by Gasteiger charge is -2.22. The van der Waals surface area contributed by atoms with Gasteiger partial charge in [-0.05, 0) is 36.6 Å². The van der Waals surface area contributed by atoms with Crippen LogP contribution in [0.5, 0.6) is 0 Å². The maximum Gasteiger partial charge on any atom is 0.244 e. The Balaban J connectivity index is 1.58. The summed E-state index contributed by atoms with van der Waals surface area (Å²) in [6.07, 6.45) is 3.62. The van der Waals surface area contributed by atoms with Crippen LogP contribution < -0.4 is 0 Å². The smallest absolute Gasteiger partial charge is 0.244 e. The second-order valence-corrected chi connectivity index (χ2v) is 6.45. The fourth-order valence-electron chi connectivity index (χ4n) is 3.31. The lowest BCUT2D eigenvalue weighted by Crippen LogP contribution is -2.24. The second-order valence-electron chi connectivity index (χ2n) is 6.45. The molecule has 0 amide bonds. The van der Waals surface area contributed by atoms with Gasteiger partial charge in [0.05, 0.1) is 12.1 Å². The molecule has 0 radical (unpaired) electrons. The number of pyridine rings is 1. The van der Waals surface area contributed by atoms with Crippen LogP contribution in [-0.2, 0) is 6.54 Å². The van der Waals surface area contributed by atoms with Crippen LogP contribution in [0.25, 0.3) is 11.4 Å². The number of aliphatic hydroxyl groups is 1. The van der Waals surface area contributed by atoms with E-state index >= 15 is 0 Å². The molecule has 1 N–H and O–H groups in total.